The van der Waals surface area contributed by atoms with E-state index in [1.54, 1.807) is 0 Å². The van der Waals surface area contributed by atoms with Crippen molar-refractivity contribution in [1.82, 2.24) is 5.32 Å². The molecule has 2 unspecified atom stereocenters. The molecular weight excluding hydrogens is 242 g/mol. The number of methoxy groups -OCH3 is 1. The second-order valence-corrected chi connectivity index (χ2v) is 4.43. The molecule has 0 heterocycles. The fraction of sp³-hybridized carbons (Fsp3) is 0.533. The van der Waals surface area contributed by atoms with Crippen LogP contribution in [0.25, 0.3) is 0 Å². The van der Waals surface area contributed by atoms with Crippen molar-refractivity contribution in [3.05, 3.63) is 29.8 Å². The molecule has 19 heavy (non-hydrogen) atoms. The molecule has 0 bridgehead atoms. The Morgan fingerprint density at radius 2 is 1.89 bits per heavy atom. The van der Waals surface area contributed by atoms with Crippen LogP contribution in [0.15, 0.2) is 24.3 Å². The van der Waals surface area contributed by atoms with Crippen LogP contribution in [-0.4, -0.2) is 25.7 Å². The van der Waals surface area contributed by atoms with E-state index in [-0.39, 0.29) is 12.0 Å². The largest absolute Gasteiger partial charge is 0.494 e. The lowest BCUT2D eigenvalue weighted by atomic mass is 10.1. The number of carbonyl (C=O) groups is 1. The Morgan fingerprint density at radius 1 is 1.26 bits per heavy atom. The van der Waals surface area contributed by atoms with Crippen LogP contribution in [0.2, 0.25) is 0 Å². The third-order valence-electron chi connectivity index (χ3n) is 3.02. The van der Waals surface area contributed by atoms with Crippen LogP contribution in [0.5, 0.6) is 5.75 Å². The SMILES string of the molecule is CCOc1ccc(C(NC(C)CC)C(=O)OC)cc1. The first-order chi connectivity index (χ1) is 9.12. The first-order valence-electron chi connectivity index (χ1n) is 6.69. The highest BCUT2D eigenvalue weighted by molar-refractivity contribution is 5.77. The summed E-state index contributed by atoms with van der Waals surface area (Å²) in [7, 11) is 1.40. The summed E-state index contributed by atoms with van der Waals surface area (Å²) in [4.78, 5) is 11.9. The highest BCUT2D eigenvalue weighted by Gasteiger charge is 2.22. The molecule has 0 aliphatic heterocycles. The lowest BCUT2D eigenvalue weighted by Crippen LogP contribution is -2.35. The highest BCUT2D eigenvalue weighted by atomic mass is 16.5. The summed E-state index contributed by atoms with van der Waals surface area (Å²) >= 11 is 0. The van der Waals surface area contributed by atoms with Crippen molar-refractivity contribution in [2.75, 3.05) is 13.7 Å². The zero-order chi connectivity index (χ0) is 14.3. The van der Waals surface area contributed by atoms with Crippen molar-refractivity contribution in [2.24, 2.45) is 0 Å². The monoisotopic (exact) mass is 265 g/mol. The molecule has 1 rings (SSSR count). The molecule has 4 nitrogen and oxygen atoms in total. The summed E-state index contributed by atoms with van der Waals surface area (Å²) in [5.74, 6) is 0.530. The molecule has 0 radical (unpaired) electrons. The fourth-order valence-corrected chi connectivity index (χ4v) is 1.74. The molecule has 0 aliphatic rings. The minimum atomic E-state index is -0.435. The first kappa shape index (κ1) is 15.5. The predicted molar refractivity (Wildman–Crippen MR) is 75.3 cm³/mol. The molecule has 0 saturated heterocycles. The highest BCUT2D eigenvalue weighted by Crippen LogP contribution is 2.20. The molecule has 1 N–H and O–H groups in total. The molecule has 0 amide bonds. The predicted octanol–water partition coefficient (Wildman–Crippen LogP) is 2.69. The van der Waals surface area contributed by atoms with E-state index in [1.807, 2.05) is 38.1 Å². The topological polar surface area (TPSA) is 47.6 Å². The first-order valence-corrected chi connectivity index (χ1v) is 6.69. The summed E-state index contributed by atoms with van der Waals surface area (Å²) < 4.78 is 10.3. The van der Waals surface area contributed by atoms with Gasteiger partial charge in [0, 0.05) is 6.04 Å². The van der Waals surface area contributed by atoms with Crippen LogP contribution in [0.1, 0.15) is 38.8 Å². The van der Waals surface area contributed by atoms with Gasteiger partial charge in [-0.1, -0.05) is 19.1 Å². The second-order valence-electron chi connectivity index (χ2n) is 4.43. The van der Waals surface area contributed by atoms with Gasteiger partial charge in [-0.05, 0) is 38.0 Å². The zero-order valence-electron chi connectivity index (χ0n) is 12.1. The smallest absolute Gasteiger partial charge is 0.327 e. The molecule has 0 saturated carbocycles. The Labute approximate surface area is 115 Å². The average Bonchev–Trinajstić information content (AvgIpc) is 2.45. The van der Waals surface area contributed by atoms with E-state index >= 15 is 0 Å². The van der Waals surface area contributed by atoms with Gasteiger partial charge in [0.05, 0.1) is 13.7 Å². The molecule has 0 aromatic heterocycles. The number of rotatable bonds is 7. The van der Waals surface area contributed by atoms with E-state index in [0.29, 0.717) is 6.61 Å². The number of esters is 1. The standard InChI is InChI=1S/C15H23NO3/c1-5-11(3)16-14(15(17)18-4)12-7-9-13(10-8-12)19-6-2/h7-11,14,16H,5-6H2,1-4H3. The quantitative estimate of drug-likeness (QED) is 0.770. The van der Waals surface area contributed by atoms with Crippen LogP contribution in [-0.2, 0) is 9.53 Å². The van der Waals surface area contributed by atoms with E-state index in [0.717, 1.165) is 17.7 Å². The van der Waals surface area contributed by atoms with Crippen LogP contribution in [0.3, 0.4) is 0 Å². The van der Waals surface area contributed by atoms with Crippen molar-refractivity contribution < 1.29 is 14.3 Å². The molecular formula is C15H23NO3. The Morgan fingerprint density at radius 3 is 2.37 bits per heavy atom. The van der Waals surface area contributed by atoms with Crippen molar-refractivity contribution >= 4 is 5.97 Å². The van der Waals surface area contributed by atoms with E-state index in [2.05, 4.69) is 12.2 Å². The van der Waals surface area contributed by atoms with E-state index < -0.39 is 6.04 Å². The van der Waals surface area contributed by atoms with E-state index in [4.69, 9.17) is 9.47 Å². The van der Waals surface area contributed by atoms with Gasteiger partial charge >= 0.3 is 5.97 Å². The fourth-order valence-electron chi connectivity index (χ4n) is 1.74. The van der Waals surface area contributed by atoms with Crippen molar-refractivity contribution in [2.45, 2.75) is 39.3 Å². The van der Waals surface area contributed by atoms with Crippen molar-refractivity contribution in [1.29, 1.82) is 0 Å². The van der Waals surface area contributed by atoms with Crippen LogP contribution < -0.4 is 10.1 Å². The van der Waals surface area contributed by atoms with Gasteiger partial charge in [-0.2, -0.15) is 0 Å². The Kier molecular flexibility index (Phi) is 6.36. The van der Waals surface area contributed by atoms with Gasteiger partial charge in [-0.25, -0.2) is 4.79 Å². The maximum Gasteiger partial charge on any atom is 0.327 e. The molecule has 1 aromatic rings. The van der Waals surface area contributed by atoms with Gasteiger partial charge in [0.1, 0.15) is 11.8 Å². The molecule has 4 heteroatoms. The maximum absolute atomic E-state index is 11.9. The zero-order valence-corrected chi connectivity index (χ0v) is 12.1. The third kappa shape index (κ3) is 4.56. The van der Waals surface area contributed by atoms with Crippen molar-refractivity contribution in [3.8, 4) is 5.75 Å². The molecule has 1 aromatic carbocycles. The summed E-state index contributed by atoms with van der Waals surface area (Å²) in [6.07, 6.45) is 0.949. The minimum Gasteiger partial charge on any atom is -0.494 e. The maximum atomic E-state index is 11.9. The summed E-state index contributed by atoms with van der Waals surface area (Å²) in [6, 6.07) is 7.33. The molecule has 0 aliphatic carbocycles. The van der Waals surface area contributed by atoms with Crippen LogP contribution >= 0.6 is 0 Å². The normalized spacial score (nSPS) is 13.7. The molecule has 0 spiro atoms. The van der Waals surface area contributed by atoms with Gasteiger partial charge < -0.3 is 9.47 Å². The van der Waals surface area contributed by atoms with E-state index in [1.165, 1.54) is 7.11 Å². The molecule has 2 atom stereocenters. The molecule has 106 valence electrons. The Bertz CT molecular complexity index is 389. The summed E-state index contributed by atoms with van der Waals surface area (Å²) in [5, 5.41) is 3.27. The number of carbonyl (C=O) groups excluding carboxylic acids is 1. The summed E-state index contributed by atoms with van der Waals surface area (Å²) in [6.45, 7) is 6.69. The number of hydrogen-bond donors (Lipinski definition) is 1. The number of nitrogens with one attached hydrogen (secondary N) is 1. The Hall–Kier alpha value is -1.55. The van der Waals surface area contributed by atoms with Gasteiger partial charge in [-0.3, -0.25) is 5.32 Å². The van der Waals surface area contributed by atoms with Crippen LogP contribution in [0.4, 0.5) is 0 Å². The van der Waals surface area contributed by atoms with E-state index in [9.17, 15) is 4.79 Å². The average molecular weight is 265 g/mol. The summed E-state index contributed by atoms with van der Waals surface area (Å²) in [5.41, 5.74) is 0.885. The number of benzene rings is 1. The van der Waals surface area contributed by atoms with Gasteiger partial charge in [0.25, 0.3) is 0 Å². The van der Waals surface area contributed by atoms with Crippen LogP contribution in [0, 0.1) is 0 Å². The van der Waals surface area contributed by atoms with Gasteiger partial charge in [0.15, 0.2) is 0 Å². The number of ether oxygens (including phenoxy) is 2. The number of hydrogen-bond acceptors (Lipinski definition) is 4. The second kappa shape index (κ2) is 7.79. The minimum absolute atomic E-state index is 0.246. The third-order valence-corrected chi connectivity index (χ3v) is 3.02. The van der Waals surface area contributed by atoms with Gasteiger partial charge in [-0.15, -0.1) is 0 Å². The Balaban J connectivity index is 2.87. The lowest BCUT2D eigenvalue weighted by molar-refractivity contribution is -0.143. The van der Waals surface area contributed by atoms with Crippen molar-refractivity contribution in [3.63, 3.8) is 0 Å². The lowest BCUT2D eigenvalue weighted by Gasteiger charge is -2.21. The molecule has 0 fully saturated rings. The van der Waals surface area contributed by atoms with Gasteiger partial charge in [0.2, 0.25) is 0 Å².